The third-order valence-corrected chi connectivity index (χ3v) is 3.64. The number of nitrogens with one attached hydrogen (secondary N) is 1. The van der Waals surface area contributed by atoms with Crippen LogP contribution in [0.3, 0.4) is 0 Å². The summed E-state index contributed by atoms with van der Waals surface area (Å²) in [5, 5.41) is 14.3. The van der Waals surface area contributed by atoms with Crippen molar-refractivity contribution in [2.45, 2.75) is 25.8 Å². The molecule has 0 aliphatic rings. The molecule has 0 aliphatic carbocycles. The summed E-state index contributed by atoms with van der Waals surface area (Å²) < 4.78 is 7.00. The lowest BCUT2D eigenvalue weighted by atomic mass is 10.2. The van der Waals surface area contributed by atoms with Gasteiger partial charge in [-0.1, -0.05) is 15.9 Å². The quantitative estimate of drug-likeness (QED) is 0.762. The number of esters is 1. The Balaban J connectivity index is 2.04. The van der Waals surface area contributed by atoms with E-state index in [1.54, 1.807) is 11.6 Å². The number of nitrogens with zero attached hydrogens (tertiary/aromatic N) is 4. The zero-order chi connectivity index (χ0) is 16.8. The van der Waals surface area contributed by atoms with Crippen molar-refractivity contribution in [2.75, 3.05) is 7.11 Å². The van der Waals surface area contributed by atoms with Crippen molar-refractivity contribution >= 4 is 27.8 Å². The number of tetrazole rings is 1. The normalized spacial score (nSPS) is 11.8. The summed E-state index contributed by atoms with van der Waals surface area (Å²) in [6.45, 7) is 1.77. The zero-order valence-electron chi connectivity index (χ0n) is 12.7. The maximum absolute atomic E-state index is 11.9. The van der Waals surface area contributed by atoms with Crippen molar-refractivity contribution in [3.8, 4) is 5.69 Å². The second kappa shape index (κ2) is 7.82. The highest BCUT2D eigenvalue weighted by molar-refractivity contribution is 9.10. The average molecular weight is 382 g/mol. The first-order valence-corrected chi connectivity index (χ1v) is 7.71. The summed E-state index contributed by atoms with van der Waals surface area (Å²) >= 11 is 3.37. The lowest BCUT2D eigenvalue weighted by molar-refractivity contribution is -0.142. The molecule has 0 fully saturated rings. The molecule has 0 saturated heterocycles. The van der Waals surface area contributed by atoms with Crippen molar-refractivity contribution in [1.29, 1.82) is 0 Å². The monoisotopic (exact) mass is 381 g/mol. The lowest BCUT2D eigenvalue weighted by Crippen LogP contribution is -2.29. The standard InChI is InChI=1S/C14H16BrN5O3/c1-9(16-12(21)7-8-13(22)23-2)14-17-18-19-20(14)11-5-3-10(15)4-6-11/h3-6,9H,7-8H2,1-2H3,(H,16,21). The molecular weight excluding hydrogens is 366 g/mol. The van der Waals surface area contributed by atoms with Gasteiger partial charge >= 0.3 is 5.97 Å². The summed E-state index contributed by atoms with van der Waals surface area (Å²) in [5.41, 5.74) is 0.781. The Labute approximate surface area is 141 Å². The van der Waals surface area contributed by atoms with Crippen LogP contribution in [-0.2, 0) is 14.3 Å². The number of benzene rings is 1. The first kappa shape index (κ1) is 17.1. The van der Waals surface area contributed by atoms with Crippen LogP contribution in [0.25, 0.3) is 5.69 Å². The van der Waals surface area contributed by atoms with Gasteiger partial charge in [-0.15, -0.1) is 5.10 Å². The SMILES string of the molecule is COC(=O)CCC(=O)NC(C)c1nnnn1-c1ccc(Br)cc1. The second-order valence-corrected chi connectivity index (χ2v) is 5.71. The van der Waals surface area contributed by atoms with E-state index in [4.69, 9.17) is 0 Å². The van der Waals surface area contributed by atoms with Crippen molar-refractivity contribution in [2.24, 2.45) is 0 Å². The highest BCUT2D eigenvalue weighted by atomic mass is 79.9. The molecule has 0 bridgehead atoms. The van der Waals surface area contributed by atoms with Crippen LogP contribution in [0.15, 0.2) is 28.7 Å². The maximum Gasteiger partial charge on any atom is 0.306 e. The maximum atomic E-state index is 11.9. The van der Waals surface area contributed by atoms with Gasteiger partial charge in [0, 0.05) is 10.9 Å². The van der Waals surface area contributed by atoms with Crippen LogP contribution in [0.1, 0.15) is 31.6 Å². The smallest absolute Gasteiger partial charge is 0.306 e. The number of rotatable bonds is 6. The van der Waals surface area contributed by atoms with Gasteiger partial charge in [0.05, 0.1) is 25.3 Å². The van der Waals surface area contributed by atoms with Gasteiger partial charge in [-0.05, 0) is 41.6 Å². The van der Waals surface area contributed by atoms with Crippen LogP contribution in [0.4, 0.5) is 0 Å². The number of amides is 1. The molecule has 0 radical (unpaired) electrons. The van der Waals surface area contributed by atoms with Gasteiger partial charge in [-0.25, -0.2) is 0 Å². The topological polar surface area (TPSA) is 99.0 Å². The predicted octanol–water partition coefficient (Wildman–Crippen LogP) is 1.56. The molecule has 1 atom stereocenters. The van der Waals surface area contributed by atoms with E-state index in [1.807, 2.05) is 24.3 Å². The number of carbonyl (C=O) groups is 2. The Morgan fingerprint density at radius 2 is 2.00 bits per heavy atom. The van der Waals surface area contributed by atoms with Crippen LogP contribution in [-0.4, -0.2) is 39.2 Å². The highest BCUT2D eigenvalue weighted by Crippen LogP contribution is 2.17. The summed E-state index contributed by atoms with van der Waals surface area (Å²) in [6, 6.07) is 7.06. The Morgan fingerprint density at radius 3 is 2.65 bits per heavy atom. The van der Waals surface area contributed by atoms with Gasteiger partial charge in [0.1, 0.15) is 0 Å². The molecule has 0 spiro atoms. The van der Waals surface area contributed by atoms with E-state index < -0.39 is 12.0 Å². The van der Waals surface area contributed by atoms with E-state index in [9.17, 15) is 9.59 Å². The number of carbonyl (C=O) groups excluding carboxylic acids is 2. The largest absolute Gasteiger partial charge is 0.469 e. The number of halogens is 1. The average Bonchev–Trinajstić information content (AvgIpc) is 3.03. The molecule has 1 aromatic carbocycles. The molecule has 1 amide bonds. The Kier molecular flexibility index (Phi) is 5.80. The minimum atomic E-state index is -0.424. The van der Waals surface area contributed by atoms with Crippen LogP contribution < -0.4 is 5.32 Å². The van der Waals surface area contributed by atoms with Crippen LogP contribution in [0, 0.1) is 0 Å². The number of hydrogen-bond acceptors (Lipinski definition) is 6. The third kappa shape index (κ3) is 4.59. The first-order chi connectivity index (χ1) is 11.0. The molecule has 2 rings (SSSR count). The second-order valence-electron chi connectivity index (χ2n) is 4.79. The third-order valence-electron chi connectivity index (χ3n) is 3.11. The van der Waals surface area contributed by atoms with Gasteiger partial charge < -0.3 is 10.1 Å². The van der Waals surface area contributed by atoms with E-state index in [2.05, 4.69) is 41.5 Å². The Hall–Kier alpha value is -2.29. The van der Waals surface area contributed by atoms with Gasteiger partial charge in [-0.2, -0.15) is 4.68 Å². The van der Waals surface area contributed by atoms with E-state index in [0.29, 0.717) is 5.82 Å². The van der Waals surface area contributed by atoms with Crippen molar-refractivity contribution in [3.63, 3.8) is 0 Å². The molecule has 23 heavy (non-hydrogen) atoms. The molecule has 1 N–H and O–H groups in total. The van der Waals surface area contributed by atoms with Crippen molar-refractivity contribution < 1.29 is 14.3 Å². The molecule has 1 unspecified atom stereocenters. The minimum Gasteiger partial charge on any atom is -0.469 e. The number of aromatic nitrogens is 4. The molecular formula is C14H16BrN5O3. The fourth-order valence-electron chi connectivity index (χ4n) is 1.93. The van der Waals surface area contributed by atoms with E-state index in [-0.39, 0.29) is 18.7 Å². The lowest BCUT2D eigenvalue weighted by Gasteiger charge is -2.13. The summed E-state index contributed by atoms with van der Waals surface area (Å²) in [6.07, 6.45) is 0.0869. The van der Waals surface area contributed by atoms with Crippen LogP contribution in [0.2, 0.25) is 0 Å². The van der Waals surface area contributed by atoms with Gasteiger partial charge in [0.25, 0.3) is 0 Å². The molecule has 0 saturated carbocycles. The Bertz CT molecular complexity index is 686. The summed E-state index contributed by atoms with van der Waals surface area (Å²) in [4.78, 5) is 22.9. The number of hydrogen-bond donors (Lipinski definition) is 1. The first-order valence-electron chi connectivity index (χ1n) is 6.91. The minimum absolute atomic E-state index is 0.0344. The number of methoxy groups -OCH3 is 1. The van der Waals surface area contributed by atoms with E-state index >= 15 is 0 Å². The van der Waals surface area contributed by atoms with Crippen molar-refractivity contribution in [3.05, 3.63) is 34.6 Å². The molecule has 122 valence electrons. The number of ether oxygens (including phenoxy) is 1. The Morgan fingerprint density at radius 1 is 1.30 bits per heavy atom. The summed E-state index contributed by atoms with van der Waals surface area (Å²) in [7, 11) is 1.29. The molecule has 8 nitrogen and oxygen atoms in total. The molecule has 1 heterocycles. The summed E-state index contributed by atoms with van der Waals surface area (Å²) in [5.74, 6) is -0.195. The van der Waals surface area contributed by atoms with Crippen LogP contribution >= 0.6 is 15.9 Å². The predicted molar refractivity (Wildman–Crippen MR) is 84.7 cm³/mol. The van der Waals surface area contributed by atoms with E-state index in [1.165, 1.54) is 7.11 Å². The van der Waals surface area contributed by atoms with Crippen molar-refractivity contribution in [1.82, 2.24) is 25.5 Å². The van der Waals surface area contributed by atoms with Gasteiger partial charge in [-0.3, -0.25) is 9.59 Å². The van der Waals surface area contributed by atoms with E-state index in [0.717, 1.165) is 10.2 Å². The molecule has 9 heteroatoms. The van der Waals surface area contributed by atoms with Gasteiger partial charge in [0.2, 0.25) is 5.91 Å². The zero-order valence-corrected chi connectivity index (χ0v) is 14.3. The van der Waals surface area contributed by atoms with Crippen LogP contribution in [0.5, 0.6) is 0 Å². The fraction of sp³-hybridized carbons (Fsp3) is 0.357. The highest BCUT2D eigenvalue weighted by Gasteiger charge is 2.18. The molecule has 0 aliphatic heterocycles. The van der Waals surface area contributed by atoms with Gasteiger partial charge in [0.15, 0.2) is 5.82 Å². The molecule has 1 aromatic heterocycles. The molecule has 2 aromatic rings. The fourth-order valence-corrected chi connectivity index (χ4v) is 2.19.